The highest BCUT2D eigenvalue weighted by Crippen LogP contribution is 2.22. The van der Waals surface area contributed by atoms with Gasteiger partial charge in [-0.05, 0) is 38.1 Å². The van der Waals surface area contributed by atoms with Crippen LogP contribution in [0.3, 0.4) is 0 Å². The molecule has 2 aliphatic rings. The highest BCUT2D eigenvalue weighted by molar-refractivity contribution is 5.85. The summed E-state index contributed by atoms with van der Waals surface area (Å²) < 4.78 is 0. The minimum atomic E-state index is 0. The Morgan fingerprint density at radius 3 is 2.76 bits per heavy atom. The summed E-state index contributed by atoms with van der Waals surface area (Å²) in [6.45, 7) is 6.16. The molecule has 2 aliphatic heterocycles. The van der Waals surface area contributed by atoms with Crippen molar-refractivity contribution in [3.63, 3.8) is 0 Å². The quantitative estimate of drug-likeness (QED) is 0.824. The van der Waals surface area contributed by atoms with Crippen LogP contribution in [0.1, 0.15) is 39.0 Å². The Balaban J connectivity index is 0.00000144. The van der Waals surface area contributed by atoms with Crippen LogP contribution in [0, 0.1) is 11.8 Å². The number of nitrogens with zero attached hydrogens (tertiary/aromatic N) is 1. The van der Waals surface area contributed by atoms with Crippen molar-refractivity contribution in [2.24, 2.45) is 11.8 Å². The Morgan fingerprint density at radius 1 is 1.29 bits per heavy atom. The standard InChI is InChI=1S/C13H24N2O.ClH/c1-2-11-4-3-8-15(9-6-11)13(16)12-5-7-14-10-12;/h11-12,14H,2-10H2,1H3;1H. The number of likely N-dealkylation sites (tertiary alicyclic amines) is 1. The number of halogens is 1. The van der Waals surface area contributed by atoms with E-state index in [4.69, 9.17) is 0 Å². The highest BCUT2D eigenvalue weighted by Gasteiger charge is 2.28. The minimum absolute atomic E-state index is 0. The molecule has 0 bridgehead atoms. The van der Waals surface area contributed by atoms with Crippen LogP contribution in [0.15, 0.2) is 0 Å². The lowest BCUT2D eigenvalue weighted by Gasteiger charge is -2.23. The third-order valence-electron chi connectivity index (χ3n) is 4.15. The van der Waals surface area contributed by atoms with Crippen molar-refractivity contribution in [2.75, 3.05) is 26.2 Å². The second kappa shape index (κ2) is 7.22. The van der Waals surface area contributed by atoms with E-state index in [-0.39, 0.29) is 18.3 Å². The summed E-state index contributed by atoms with van der Waals surface area (Å²) in [5, 5.41) is 3.28. The van der Waals surface area contributed by atoms with Crippen molar-refractivity contribution in [3.05, 3.63) is 0 Å². The van der Waals surface area contributed by atoms with Gasteiger partial charge < -0.3 is 10.2 Å². The van der Waals surface area contributed by atoms with E-state index in [2.05, 4.69) is 17.1 Å². The molecule has 2 atom stereocenters. The van der Waals surface area contributed by atoms with E-state index in [1.165, 1.54) is 25.7 Å². The molecule has 4 heteroatoms. The number of carbonyl (C=O) groups is 1. The molecule has 2 rings (SSSR count). The summed E-state index contributed by atoms with van der Waals surface area (Å²) in [6, 6.07) is 0. The Hall–Kier alpha value is -0.280. The monoisotopic (exact) mass is 260 g/mol. The first-order valence-corrected chi connectivity index (χ1v) is 6.80. The van der Waals surface area contributed by atoms with Gasteiger partial charge in [0.15, 0.2) is 0 Å². The van der Waals surface area contributed by atoms with Crippen LogP contribution in [0.2, 0.25) is 0 Å². The molecule has 0 radical (unpaired) electrons. The molecule has 2 fully saturated rings. The van der Waals surface area contributed by atoms with E-state index in [0.29, 0.717) is 5.91 Å². The molecule has 0 aromatic heterocycles. The molecule has 0 aliphatic carbocycles. The van der Waals surface area contributed by atoms with Gasteiger partial charge in [0, 0.05) is 19.6 Å². The molecule has 2 heterocycles. The molecule has 3 nitrogen and oxygen atoms in total. The van der Waals surface area contributed by atoms with E-state index < -0.39 is 0 Å². The summed E-state index contributed by atoms with van der Waals surface area (Å²) in [4.78, 5) is 14.4. The molecule has 2 saturated heterocycles. The van der Waals surface area contributed by atoms with E-state index in [0.717, 1.165) is 38.5 Å². The number of hydrogen-bond acceptors (Lipinski definition) is 2. The average Bonchev–Trinajstić information content (AvgIpc) is 2.73. The Morgan fingerprint density at radius 2 is 2.12 bits per heavy atom. The van der Waals surface area contributed by atoms with Gasteiger partial charge >= 0.3 is 0 Å². The summed E-state index contributed by atoms with van der Waals surface area (Å²) in [5.74, 6) is 1.51. The first kappa shape index (κ1) is 14.8. The molecule has 0 aromatic rings. The van der Waals surface area contributed by atoms with E-state index >= 15 is 0 Å². The maximum Gasteiger partial charge on any atom is 0.227 e. The van der Waals surface area contributed by atoms with Gasteiger partial charge in [0.2, 0.25) is 5.91 Å². The molecule has 1 amide bonds. The van der Waals surface area contributed by atoms with Crippen LogP contribution in [0.25, 0.3) is 0 Å². The van der Waals surface area contributed by atoms with Crippen molar-refractivity contribution >= 4 is 18.3 Å². The van der Waals surface area contributed by atoms with Gasteiger partial charge in [-0.2, -0.15) is 0 Å². The van der Waals surface area contributed by atoms with Crippen molar-refractivity contribution in [1.82, 2.24) is 10.2 Å². The first-order valence-electron chi connectivity index (χ1n) is 6.80. The number of amides is 1. The van der Waals surface area contributed by atoms with Crippen LogP contribution < -0.4 is 5.32 Å². The largest absolute Gasteiger partial charge is 0.342 e. The zero-order valence-corrected chi connectivity index (χ0v) is 11.6. The SMILES string of the molecule is CCC1CCCN(C(=O)C2CCNC2)CC1.Cl. The molecule has 0 aromatic carbocycles. The van der Waals surface area contributed by atoms with Crippen molar-refractivity contribution < 1.29 is 4.79 Å². The Kier molecular flexibility index (Phi) is 6.28. The number of rotatable bonds is 2. The second-order valence-corrected chi connectivity index (χ2v) is 5.22. The van der Waals surface area contributed by atoms with Gasteiger partial charge in [-0.3, -0.25) is 4.79 Å². The zero-order chi connectivity index (χ0) is 11.4. The molecule has 100 valence electrons. The molecule has 1 N–H and O–H groups in total. The van der Waals surface area contributed by atoms with Crippen LogP contribution in [-0.2, 0) is 4.79 Å². The topological polar surface area (TPSA) is 32.3 Å². The van der Waals surface area contributed by atoms with Gasteiger partial charge in [0.05, 0.1) is 5.92 Å². The third kappa shape index (κ3) is 3.85. The van der Waals surface area contributed by atoms with Crippen molar-refractivity contribution in [2.45, 2.75) is 39.0 Å². The van der Waals surface area contributed by atoms with Gasteiger partial charge in [-0.15, -0.1) is 12.4 Å². The summed E-state index contributed by atoms with van der Waals surface area (Å²) >= 11 is 0. The van der Waals surface area contributed by atoms with E-state index in [1.807, 2.05) is 0 Å². The summed E-state index contributed by atoms with van der Waals surface area (Å²) in [6.07, 6.45) is 6.02. The molecular weight excluding hydrogens is 236 g/mol. The summed E-state index contributed by atoms with van der Waals surface area (Å²) in [7, 11) is 0. The average molecular weight is 261 g/mol. The van der Waals surface area contributed by atoms with Gasteiger partial charge in [-0.25, -0.2) is 0 Å². The normalized spacial score (nSPS) is 29.6. The molecule has 0 spiro atoms. The van der Waals surface area contributed by atoms with Gasteiger partial charge in [0.25, 0.3) is 0 Å². The molecule has 17 heavy (non-hydrogen) atoms. The smallest absolute Gasteiger partial charge is 0.227 e. The first-order chi connectivity index (χ1) is 7.81. The molecule has 0 saturated carbocycles. The number of nitrogens with one attached hydrogen (secondary N) is 1. The fourth-order valence-electron chi connectivity index (χ4n) is 2.92. The van der Waals surface area contributed by atoms with Crippen molar-refractivity contribution in [1.29, 1.82) is 0 Å². The second-order valence-electron chi connectivity index (χ2n) is 5.22. The van der Waals surface area contributed by atoms with E-state index in [1.54, 1.807) is 0 Å². The van der Waals surface area contributed by atoms with Crippen LogP contribution >= 0.6 is 12.4 Å². The number of hydrogen-bond donors (Lipinski definition) is 1. The van der Waals surface area contributed by atoms with Crippen LogP contribution in [0.4, 0.5) is 0 Å². The lowest BCUT2D eigenvalue weighted by atomic mass is 9.98. The fourth-order valence-corrected chi connectivity index (χ4v) is 2.92. The predicted octanol–water partition coefficient (Wildman–Crippen LogP) is 2.06. The maximum atomic E-state index is 12.2. The third-order valence-corrected chi connectivity index (χ3v) is 4.15. The predicted molar refractivity (Wildman–Crippen MR) is 72.4 cm³/mol. The van der Waals surface area contributed by atoms with Crippen LogP contribution in [0.5, 0.6) is 0 Å². The minimum Gasteiger partial charge on any atom is -0.342 e. The maximum absolute atomic E-state index is 12.2. The van der Waals surface area contributed by atoms with E-state index in [9.17, 15) is 4.79 Å². The van der Waals surface area contributed by atoms with Gasteiger partial charge in [0.1, 0.15) is 0 Å². The Labute approximate surface area is 111 Å². The fraction of sp³-hybridized carbons (Fsp3) is 0.923. The lowest BCUT2D eigenvalue weighted by molar-refractivity contribution is -0.134. The lowest BCUT2D eigenvalue weighted by Crippen LogP contribution is -2.37. The summed E-state index contributed by atoms with van der Waals surface area (Å²) in [5.41, 5.74) is 0. The molecular formula is C13H25ClN2O. The number of carbonyl (C=O) groups excluding carboxylic acids is 1. The highest BCUT2D eigenvalue weighted by atomic mass is 35.5. The zero-order valence-electron chi connectivity index (χ0n) is 10.8. The van der Waals surface area contributed by atoms with Gasteiger partial charge in [-0.1, -0.05) is 13.3 Å². The van der Waals surface area contributed by atoms with Crippen LogP contribution in [-0.4, -0.2) is 37.0 Å². The van der Waals surface area contributed by atoms with Crippen molar-refractivity contribution in [3.8, 4) is 0 Å². The molecule has 2 unspecified atom stereocenters. The Bertz CT molecular complexity index is 242.